The average Bonchev–Trinajstić information content (AvgIpc) is 2.70. The first kappa shape index (κ1) is 21.1. The third kappa shape index (κ3) is 4.54. The SMILES string of the molecule is CCOC(=O)C1=C(COC(=O)c2cccc(OC)c2OC)NC(=O)N[C@H]1CC. The summed E-state index contributed by atoms with van der Waals surface area (Å²) in [5.41, 5.74) is 0.575. The fourth-order valence-corrected chi connectivity index (χ4v) is 2.84. The third-order valence-electron chi connectivity index (χ3n) is 4.12. The summed E-state index contributed by atoms with van der Waals surface area (Å²) in [4.78, 5) is 36.8. The summed E-state index contributed by atoms with van der Waals surface area (Å²) >= 11 is 0. The van der Waals surface area contributed by atoms with Gasteiger partial charge in [0.2, 0.25) is 0 Å². The van der Waals surface area contributed by atoms with Crippen molar-refractivity contribution in [2.24, 2.45) is 0 Å². The second-order valence-corrected chi connectivity index (χ2v) is 5.79. The predicted molar refractivity (Wildman–Crippen MR) is 99.2 cm³/mol. The molecule has 1 aromatic rings. The van der Waals surface area contributed by atoms with Crippen molar-refractivity contribution in [3.05, 3.63) is 35.0 Å². The highest BCUT2D eigenvalue weighted by Gasteiger charge is 2.32. The maximum atomic E-state index is 12.5. The van der Waals surface area contributed by atoms with E-state index in [1.165, 1.54) is 20.3 Å². The molecule has 0 bridgehead atoms. The highest BCUT2D eigenvalue weighted by Crippen LogP contribution is 2.31. The number of ether oxygens (including phenoxy) is 4. The van der Waals surface area contributed by atoms with Crippen molar-refractivity contribution >= 4 is 18.0 Å². The van der Waals surface area contributed by atoms with Gasteiger partial charge in [0.15, 0.2) is 11.5 Å². The molecule has 2 amide bonds. The zero-order valence-corrected chi connectivity index (χ0v) is 16.3. The summed E-state index contributed by atoms with van der Waals surface area (Å²) in [5.74, 6) is -0.654. The Bertz CT molecular complexity index is 788. The van der Waals surface area contributed by atoms with E-state index in [4.69, 9.17) is 18.9 Å². The second-order valence-electron chi connectivity index (χ2n) is 5.79. The van der Waals surface area contributed by atoms with Gasteiger partial charge in [0.05, 0.1) is 38.1 Å². The third-order valence-corrected chi connectivity index (χ3v) is 4.12. The smallest absolute Gasteiger partial charge is 0.342 e. The van der Waals surface area contributed by atoms with Crippen molar-refractivity contribution in [3.63, 3.8) is 0 Å². The molecule has 1 aromatic carbocycles. The molecule has 1 aliphatic heterocycles. The van der Waals surface area contributed by atoms with Gasteiger partial charge >= 0.3 is 18.0 Å². The van der Waals surface area contributed by atoms with Gasteiger partial charge in [0.25, 0.3) is 0 Å². The van der Waals surface area contributed by atoms with Gasteiger partial charge in [0, 0.05) is 0 Å². The van der Waals surface area contributed by atoms with Crippen molar-refractivity contribution in [2.75, 3.05) is 27.4 Å². The summed E-state index contributed by atoms with van der Waals surface area (Å²) in [5, 5.41) is 5.18. The largest absolute Gasteiger partial charge is 0.493 e. The van der Waals surface area contributed by atoms with E-state index in [0.717, 1.165) is 0 Å². The molecular formula is C19H24N2O7. The summed E-state index contributed by atoms with van der Waals surface area (Å²) in [6.45, 7) is 3.38. The Morgan fingerprint density at radius 2 is 1.82 bits per heavy atom. The van der Waals surface area contributed by atoms with Crippen molar-refractivity contribution in [3.8, 4) is 11.5 Å². The molecule has 0 aromatic heterocycles. The van der Waals surface area contributed by atoms with E-state index < -0.39 is 24.0 Å². The number of esters is 2. The quantitative estimate of drug-likeness (QED) is 0.649. The van der Waals surface area contributed by atoms with E-state index in [2.05, 4.69) is 10.6 Å². The molecule has 1 atom stereocenters. The lowest BCUT2D eigenvalue weighted by atomic mass is 10.0. The lowest BCUT2D eigenvalue weighted by Crippen LogP contribution is -2.51. The predicted octanol–water partition coefficient (Wildman–Crippen LogP) is 1.77. The van der Waals surface area contributed by atoms with E-state index in [0.29, 0.717) is 12.2 Å². The van der Waals surface area contributed by atoms with E-state index in [9.17, 15) is 14.4 Å². The topological polar surface area (TPSA) is 112 Å². The minimum absolute atomic E-state index is 0.160. The van der Waals surface area contributed by atoms with Crippen LogP contribution in [0, 0.1) is 0 Å². The molecule has 9 heteroatoms. The molecule has 2 rings (SSSR count). The molecular weight excluding hydrogens is 368 g/mol. The molecule has 0 spiro atoms. The van der Waals surface area contributed by atoms with Crippen LogP contribution in [-0.2, 0) is 14.3 Å². The Morgan fingerprint density at radius 3 is 2.43 bits per heavy atom. The van der Waals surface area contributed by atoms with E-state index >= 15 is 0 Å². The van der Waals surface area contributed by atoms with E-state index in [1.807, 2.05) is 6.92 Å². The Labute approximate surface area is 163 Å². The van der Waals surface area contributed by atoms with Crippen molar-refractivity contribution in [2.45, 2.75) is 26.3 Å². The van der Waals surface area contributed by atoms with Gasteiger partial charge in [-0.15, -0.1) is 0 Å². The Morgan fingerprint density at radius 1 is 1.07 bits per heavy atom. The highest BCUT2D eigenvalue weighted by atomic mass is 16.5. The van der Waals surface area contributed by atoms with Crippen LogP contribution in [0.2, 0.25) is 0 Å². The van der Waals surface area contributed by atoms with Crippen LogP contribution in [0.25, 0.3) is 0 Å². The minimum atomic E-state index is -0.688. The molecule has 0 unspecified atom stereocenters. The van der Waals surface area contributed by atoms with Crippen molar-refractivity contribution in [1.29, 1.82) is 0 Å². The number of hydrogen-bond acceptors (Lipinski definition) is 7. The van der Waals surface area contributed by atoms with Gasteiger partial charge in [-0.1, -0.05) is 13.0 Å². The second kappa shape index (κ2) is 9.63. The lowest BCUT2D eigenvalue weighted by molar-refractivity contribution is -0.139. The number of rotatable bonds is 8. The minimum Gasteiger partial charge on any atom is -0.493 e. The van der Waals surface area contributed by atoms with Crippen LogP contribution in [0.4, 0.5) is 4.79 Å². The molecule has 2 N–H and O–H groups in total. The number of hydrogen-bond donors (Lipinski definition) is 2. The molecule has 0 fully saturated rings. The Kier molecular flexibility index (Phi) is 7.25. The summed E-state index contributed by atoms with van der Waals surface area (Å²) in [6, 6.07) is 3.79. The molecule has 0 saturated carbocycles. The highest BCUT2D eigenvalue weighted by molar-refractivity contribution is 5.96. The maximum absolute atomic E-state index is 12.5. The monoisotopic (exact) mass is 392 g/mol. The number of benzene rings is 1. The van der Waals surface area contributed by atoms with Gasteiger partial charge in [0.1, 0.15) is 12.2 Å². The lowest BCUT2D eigenvalue weighted by Gasteiger charge is -2.28. The van der Waals surface area contributed by atoms with Gasteiger partial charge in [-0.2, -0.15) is 0 Å². The molecule has 1 aliphatic rings. The van der Waals surface area contributed by atoms with Crippen LogP contribution in [-0.4, -0.2) is 51.4 Å². The number of carbonyl (C=O) groups excluding carboxylic acids is 3. The van der Waals surface area contributed by atoms with E-state index in [1.54, 1.807) is 19.1 Å². The van der Waals surface area contributed by atoms with Crippen molar-refractivity contribution in [1.82, 2.24) is 10.6 Å². The number of para-hydroxylation sites is 1. The number of urea groups is 1. The number of amides is 2. The van der Waals surface area contributed by atoms with Crippen LogP contribution in [0.1, 0.15) is 30.6 Å². The fourth-order valence-electron chi connectivity index (χ4n) is 2.84. The van der Waals surface area contributed by atoms with Crippen LogP contribution >= 0.6 is 0 Å². The molecule has 28 heavy (non-hydrogen) atoms. The average molecular weight is 392 g/mol. The maximum Gasteiger partial charge on any atom is 0.342 e. The van der Waals surface area contributed by atoms with Crippen LogP contribution in [0.3, 0.4) is 0 Å². The molecule has 152 valence electrons. The molecule has 0 saturated heterocycles. The van der Waals surface area contributed by atoms with Crippen LogP contribution in [0.5, 0.6) is 11.5 Å². The molecule has 0 aliphatic carbocycles. The molecule has 9 nitrogen and oxygen atoms in total. The first-order valence-corrected chi connectivity index (χ1v) is 8.82. The number of nitrogens with one attached hydrogen (secondary N) is 2. The zero-order valence-electron chi connectivity index (χ0n) is 16.3. The van der Waals surface area contributed by atoms with Gasteiger partial charge in [-0.05, 0) is 25.5 Å². The number of carbonyl (C=O) groups is 3. The molecule has 1 heterocycles. The first-order valence-electron chi connectivity index (χ1n) is 8.82. The van der Waals surface area contributed by atoms with Gasteiger partial charge in [-0.3, -0.25) is 0 Å². The van der Waals surface area contributed by atoms with Crippen molar-refractivity contribution < 1.29 is 33.3 Å². The Balaban J connectivity index is 2.28. The van der Waals surface area contributed by atoms with Crippen LogP contribution < -0.4 is 20.1 Å². The first-order chi connectivity index (χ1) is 13.5. The number of methoxy groups -OCH3 is 2. The summed E-state index contributed by atoms with van der Waals surface area (Å²) in [6.07, 6.45) is 0.475. The Hall–Kier alpha value is -3.23. The summed E-state index contributed by atoms with van der Waals surface area (Å²) < 4.78 is 20.8. The fraction of sp³-hybridized carbons (Fsp3) is 0.421. The van der Waals surface area contributed by atoms with Gasteiger partial charge in [-0.25, -0.2) is 14.4 Å². The van der Waals surface area contributed by atoms with E-state index in [-0.39, 0.29) is 35.8 Å². The van der Waals surface area contributed by atoms with Crippen LogP contribution in [0.15, 0.2) is 29.5 Å². The van der Waals surface area contributed by atoms with Gasteiger partial charge < -0.3 is 29.6 Å². The standard InChI is InChI=1S/C19H24N2O7/c1-5-12-15(18(23)27-6-2)13(21-19(24)20-12)10-28-17(22)11-8-7-9-14(25-3)16(11)26-4/h7-9,12H,5-6,10H2,1-4H3,(H2,20,21,24)/t12-/m0/s1. The molecule has 0 radical (unpaired) electrons. The zero-order chi connectivity index (χ0) is 20.7. The summed E-state index contributed by atoms with van der Waals surface area (Å²) in [7, 11) is 2.87. The normalized spacial score (nSPS) is 16.0.